The highest BCUT2D eigenvalue weighted by atomic mass is 16.2. The number of hydrogen-bond donors (Lipinski definition) is 2. The van der Waals surface area contributed by atoms with E-state index in [1.165, 1.54) is 12.8 Å². The third-order valence-electron chi connectivity index (χ3n) is 2.63. The lowest BCUT2D eigenvalue weighted by atomic mass is 9.83. The second kappa shape index (κ2) is 7.80. The van der Waals surface area contributed by atoms with Gasteiger partial charge in [0.25, 0.3) is 0 Å². The van der Waals surface area contributed by atoms with Crippen molar-refractivity contribution in [2.24, 2.45) is 11.8 Å². The second-order valence-electron chi connectivity index (χ2n) is 3.70. The van der Waals surface area contributed by atoms with Crippen molar-refractivity contribution in [2.75, 3.05) is 7.05 Å². The van der Waals surface area contributed by atoms with E-state index in [2.05, 4.69) is 17.8 Å². The van der Waals surface area contributed by atoms with Crippen LogP contribution in [0.15, 0.2) is 0 Å². The van der Waals surface area contributed by atoms with Crippen LogP contribution in [0.3, 0.4) is 0 Å². The molecule has 0 spiro atoms. The first-order valence-electron chi connectivity index (χ1n) is 5.70. The van der Waals surface area contributed by atoms with Crippen LogP contribution in [0.5, 0.6) is 0 Å². The Morgan fingerprint density at radius 3 is 2.07 bits per heavy atom. The van der Waals surface area contributed by atoms with Crippen molar-refractivity contribution in [1.82, 2.24) is 10.9 Å². The lowest BCUT2D eigenvalue weighted by Gasteiger charge is -2.24. The SMILES string of the molecule is CC.CNNC(=O)C1CCC(C)CC1. The molecule has 0 aromatic carbocycles. The molecule has 0 unspecified atom stereocenters. The Bertz CT molecular complexity index is 151. The van der Waals surface area contributed by atoms with Crippen molar-refractivity contribution in [2.45, 2.75) is 46.5 Å². The van der Waals surface area contributed by atoms with Gasteiger partial charge in [-0.1, -0.05) is 20.8 Å². The largest absolute Gasteiger partial charge is 0.292 e. The maximum atomic E-state index is 11.3. The van der Waals surface area contributed by atoms with Gasteiger partial charge in [-0.2, -0.15) is 0 Å². The number of carbonyl (C=O) groups is 1. The Labute approximate surface area is 87.6 Å². The summed E-state index contributed by atoms with van der Waals surface area (Å²) < 4.78 is 0. The van der Waals surface area contributed by atoms with Crippen LogP contribution < -0.4 is 10.9 Å². The molecule has 14 heavy (non-hydrogen) atoms. The smallest absolute Gasteiger partial charge is 0.237 e. The summed E-state index contributed by atoms with van der Waals surface area (Å²) in [6, 6.07) is 0. The first kappa shape index (κ1) is 13.4. The molecule has 0 aliphatic heterocycles. The zero-order valence-corrected chi connectivity index (χ0v) is 9.89. The van der Waals surface area contributed by atoms with Gasteiger partial charge in [-0.25, -0.2) is 5.43 Å². The molecule has 3 heteroatoms. The number of nitrogens with one attached hydrogen (secondary N) is 2. The first-order chi connectivity index (χ1) is 6.74. The number of hydrazine groups is 1. The lowest BCUT2D eigenvalue weighted by Crippen LogP contribution is -2.39. The molecule has 0 aromatic heterocycles. The molecular formula is C11H24N2O. The van der Waals surface area contributed by atoms with Gasteiger partial charge in [0.15, 0.2) is 0 Å². The van der Waals surface area contributed by atoms with Gasteiger partial charge >= 0.3 is 0 Å². The maximum absolute atomic E-state index is 11.3. The summed E-state index contributed by atoms with van der Waals surface area (Å²) in [5.41, 5.74) is 5.32. The normalized spacial score (nSPS) is 26.0. The predicted molar refractivity (Wildman–Crippen MR) is 59.7 cm³/mol. The molecule has 0 aromatic rings. The third kappa shape index (κ3) is 4.61. The van der Waals surface area contributed by atoms with Gasteiger partial charge in [-0.15, -0.1) is 0 Å². The van der Waals surface area contributed by atoms with Gasteiger partial charge in [-0.3, -0.25) is 10.2 Å². The number of carbonyl (C=O) groups excluding carboxylic acids is 1. The van der Waals surface area contributed by atoms with Crippen LogP contribution in [0, 0.1) is 11.8 Å². The van der Waals surface area contributed by atoms with E-state index >= 15 is 0 Å². The summed E-state index contributed by atoms with van der Waals surface area (Å²) >= 11 is 0. The van der Waals surface area contributed by atoms with E-state index in [1.54, 1.807) is 7.05 Å². The molecule has 1 aliphatic carbocycles. The average molecular weight is 200 g/mol. The van der Waals surface area contributed by atoms with E-state index in [0.29, 0.717) is 0 Å². The molecule has 1 fully saturated rings. The summed E-state index contributed by atoms with van der Waals surface area (Å²) in [6.07, 6.45) is 4.49. The molecule has 1 amide bonds. The zero-order chi connectivity index (χ0) is 11.0. The molecule has 1 rings (SSSR count). The predicted octanol–water partition coefficient (Wildman–Crippen LogP) is 2.09. The number of rotatable bonds is 2. The lowest BCUT2D eigenvalue weighted by molar-refractivity contribution is -0.127. The number of amides is 1. The Morgan fingerprint density at radius 2 is 1.64 bits per heavy atom. The molecule has 2 N–H and O–H groups in total. The Hall–Kier alpha value is -0.570. The van der Waals surface area contributed by atoms with Gasteiger partial charge < -0.3 is 0 Å². The van der Waals surface area contributed by atoms with Crippen molar-refractivity contribution >= 4 is 5.91 Å². The van der Waals surface area contributed by atoms with E-state index in [9.17, 15) is 4.79 Å². The average Bonchev–Trinajstić information content (AvgIpc) is 2.22. The first-order valence-corrected chi connectivity index (χ1v) is 5.70. The monoisotopic (exact) mass is 200 g/mol. The molecule has 0 heterocycles. The Balaban J connectivity index is 0.000000791. The van der Waals surface area contributed by atoms with Crippen molar-refractivity contribution in [3.8, 4) is 0 Å². The quantitative estimate of drug-likeness (QED) is 0.670. The minimum Gasteiger partial charge on any atom is -0.292 e. The minimum absolute atomic E-state index is 0.157. The molecule has 0 radical (unpaired) electrons. The van der Waals surface area contributed by atoms with Crippen molar-refractivity contribution in [1.29, 1.82) is 0 Å². The Kier molecular flexibility index (Phi) is 7.48. The van der Waals surface area contributed by atoms with Crippen LogP contribution in [0.2, 0.25) is 0 Å². The fraction of sp³-hybridized carbons (Fsp3) is 0.909. The highest BCUT2D eigenvalue weighted by molar-refractivity contribution is 5.78. The van der Waals surface area contributed by atoms with Gasteiger partial charge in [0.1, 0.15) is 0 Å². The van der Waals surface area contributed by atoms with E-state index in [1.807, 2.05) is 13.8 Å². The molecule has 1 saturated carbocycles. The van der Waals surface area contributed by atoms with Crippen LogP contribution in [-0.2, 0) is 4.79 Å². The van der Waals surface area contributed by atoms with Gasteiger partial charge in [0.05, 0.1) is 0 Å². The molecule has 0 saturated heterocycles. The van der Waals surface area contributed by atoms with Crippen LogP contribution in [0.25, 0.3) is 0 Å². The minimum atomic E-state index is 0.157. The summed E-state index contributed by atoms with van der Waals surface area (Å²) in [5.74, 6) is 1.21. The van der Waals surface area contributed by atoms with Crippen LogP contribution in [0.1, 0.15) is 46.5 Å². The van der Waals surface area contributed by atoms with E-state index < -0.39 is 0 Å². The summed E-state index contributed by atoms with van der Waals surface area (Å²) in [5, 5.41) is 0. The molecule has 3 nitrogen and oxygen atoms in total. The highest BCUT2D eigenvalue weighted by Gasteiger charge is 2.23. The van der Waals surface area contributed by atoms with E-state index in [0.717, 1.165) is 18.8 Å². The topological polar surface area (TPSA) is 41.1 Å². The highest BCUT2D eigenvalue weighted by Crippen LogP contribution is 2.27. The van der Waals surface area contributed by atoms with Crippen LogP contribution in [0.4, 0.5) is 0 Å². The number of hydrogen-bond acceptors (Lipinski definition) is 2. The van der Waals surface area contributed by atoms with Crippen LogP contribution >= 0.6 is 0 Å². The molecule has 84 valence electrons. The molecule has 0 atom stereocenters. The van der Waals surface area contributed by atoms with Crippen molar-refractivity contribution in [3.05, 3.63) is 0 Å². The van der Waals surface area contributed by atoms with Gasteiger partial charge in [-0.05, 0) is 31.6 Å². The Morgan fingerprint density at radius 1 is 1.14 bits per heavy atom. The standard InChI is InChI=1S/C9H18N2O.C2H6/c1-7-3-5-8(6-4-7)9(12)11-10-2;1-2/h7-8,10H,3-6H2,1-2H3,(H,11,12);1-2H3. The fourth-order valence-electron chi connectivity index (χ4n) is 1.75. The van der Waals surface area contributed by atoms with Gasteiger partial charge in [0, 0.05) is 13.0 Å². The van der Waals surface area contributed by atoms with E-state index in [-0.39, 0.29) is 11.8 Å². The van der Waals surface area contributed by atoms with E-state index in [4.69, 9.17) is 0 Å². The maximum Gasteiger partial charge on any atom is 0.237 e. The molecule has 0 bridgehead atoms. The summed E-state index contributed by atoms with van der Waals surface area (Å²) in [7, 11) is 1.73. The fourth-order valence-corrected chi connectivity index (χ4v) is 1.75. The van der Waals surface area contributed by atoms with Crippen molar-refractivity contribution in [3.63, 3.8) is 0 Å². The molecular weight excluding hydrogens is 176 g/mol. The third-order valence-corrected chi connectivity index (χ3v) is 2.63. The summed E-state index contributed by atoms with van der Waals surface area (Å²) in [4.78, 5) is 11.3. The van der Waals surface area contributed by atoms with Crippen molar-refractivity contribution < 1.29 is 4.79 Å². The molecule has 1 aliphatic rings. The van der Waals surface area contributed by atoms with Crippen LogP contribution in [-0.4, -0.2) is 13.0 Å². The zero-order valence-electron chi connectivity index (χ0n) is 9.89. The second-order valence-corrected chi connectivity index (χ2v) is 3.70. The van der Waals surface area contributed by atoms with Gasteiger partial charge in [0.2, 0.25) is 5.91 Å². The summed E-state index contributed by atoms with van der Waals surface area (Å²) in [6.45, 7) is 6.26.